The summed E-state index contributed by atoms with van der Waals surface area (Å²) in [5, 5.41) is 14.2. The van der Waals surface area contributed by atoms with Crippen molar-refractivity contribution in [3.8, 4) is 5.75 Å². The first-order valence-corrected chi connectivity index (χ1v) is 10.4. The molecule has 0 amide bonds. The van der Waals surface area contributed by atoms with Crippen LogP contribution in [0.3, 0.4) is 0 Å². The summed E-state index contributed by atoms with van der Waals surface area (Å²) in [5.74, 6) is -0.355. The van der Waals surface area contributed by atoms with Crippen molar-refractivity contribution in [3.05, 3.63) is 114 Å². The highest BCUT2D eigenvalue weighted by Gasteiger charge is 2.43. The van der Waals surface area contributed by atoms with Gasteiger partial charge in [-0.1, -0.05) is 101 Å². The molecule has 4 aromatic carbocycles. The lowest BCUT2D eigenvalue weighted by Crippen LogP contribution is -2.41. The van der Waals surface area contributed by atoms with E-state index >= 15 is 0 Å². The van der Waals surface area contributed by atoms with Gasteiger partial charge in [0.2, 0.25) is 5.60 Å². The van der Waals surface area contributed by atoms with Crippen molar-refractivity contribution >= 4 is 32.7 Å². The Morgan fingerprint density at radius 3 is 2.24 bits per heavy atom. The standard InChI is InChI=1S/C25H19BrO3/c26-17-20-10-6-7-13-23(20)25(28,21-11-2-1-3-12-21)24(27)29-22-15-14-18-8-4-5-9-19(18)16-22/h1-16,28H,17H2/t25-/m0/s1. The van der Waals surface area contributed by atoms with Crippen LogP contribution in [0.5, 0.6) is 5.75 Å². The van der Waals surface area contributed by atoms with Gasteiger partial charge in [-0.05, 0) is 34.0 Å². The van der Waals surface area contributed by atoms with E-state index in [0.717, 1.165) is 16.3 Å². The largest absolute Gasteiger partial charge is 0.424 e. The van der Waals surface area contributed by atoms with Gasteiger partial charge in [0.25, 0.3) is 0 Å². The van der Waals surface area contributed by atoms with E-state index in [2.05, 4.69) is 15.9 Å². The van der Waals surface area contributed by atoms with E-state index in [1.54, 1.807) is 48.5 Å². The SMILES string of the molecule is O=C(Oc1ccc2ccccc2c1)[C@](O)(c1ccccc1)c1ccccc1CBr. The van der Waals surface area contributed by atoms with Crippen LogP contribution in [0.2, 0.25) is 0 Å². The van der Waals surface area contributed by atoms with Crippen molar-refractivity contribution in [2.24, 2.45) is 0 Å². The van der Waals surface area contributed by atoms with Gasteiger partial charge >= 0.3 is 5.97 Å². The molecule has 0 aliphatic heterocycles. The Labute approximate surface area is 177 Å². The summed E-state index contributed by atoms with van der Waals surface area (Å²) in [4.78, 5) is 13.4. The molecule has 0 aromatic heterocycles. The van der Waals surface area contributed by atoms with E-state index in [4.69, 9.17) is 4.74 Å². The van der Waals surface area contributed by atoms with Crippen LogP contribution in [0.1, 0.15) is 16.7 Å². The van der Waals surface area contributed by atoms with Gasteiger partial charge in [-0.15, -0.1) is 0 Å². The zero-order valence-electron chi connectivity index (χ0n) is 15.6. The lowest BCUT2D eigenvalue weighted by molar-refractivity contribution is -0.152. The molecule has 0 aliphatic rings. The lowest BCUT2D eigenvalue weighted by Gasteiger charge is -2.28. The van der Waals surface area contributed by atoms with Crippen LogP contribution in [0.25, 0.3) is 10.8 Å². The first-order chi connectivity index (χ1) is 14.1. The molecule has 0 radical (unpaired) electrons. The molecule has 1 atom stereocenters. The molecule has 4 rings (SSSR count). The van der Waals surface area contributed by atoms with Gasteiger partial charge in [-0.3, -0.25) is 0 Å². The average molecular weight is 447 g/mol. The first-order valence-electron chi connectivity index (χ1n) is 9.26. The topological polar surface area (TPSA) is 46.5 Å². The average Bonchev–Trinajstić information content (AvgIpc) is 2.79. The second kappa shape index (κ2) is 8.19. The molecule has 0 spiro atoms. The normalized spacial score (nSPS) is 13.0. The van der Waals surface area contributed by atoms with Gasteiger partial charge < -0.3 is 9.84 Å². The monoisotopic (exact) mass is 446 g/mol. The first kappa shape index (κ1) is 19.4. The van der Waals surface area contributed by atoms with Crippen LogP contribution in [0, 0.1) is 0 Å². The van der Waals surface area contributed by atoms with E-state index in [-0.39, 0.29) is 0 Å². The van der Waals surface area contributed by atoms with Crippen molar-refractivity contribution in [2.75, 3.05) is 0 Å². The third-order valence-corrected chi connectivity index (χ3v) is 5.57. The number of ether oxygens (including phenoxy) is 1. The highest BCUT2D eigenvalue weighted by Crippen LogP contribution is 2.35. The molecular weight excluding hydrogens is 428 g/mol. The Balaban J connectivity index is 1.79. The van der Waals surface area contributed by atoms with E-state index in [1.807, 2.05) is 48.5 Å². The summed E-state index contributed by atoms with van der Waals surface area (Å²) >= 11 is 3.45. The van der Waals surface area contributed by atoms with Crippen molar-refractivity contribution in [1.82, 2.24) is 0 Å². The summed E-state index contributed by atoms with van der Waals surface area (Å²) in [6, 6.07) is 29.5. The second-order valence-corrected chi connectivity index (χ2v) is 7.33. The zero-order chi connectivity index (χ0) is 20.3. The Morgan fingerprint density at radius 2 is 1.48 bits per heavy atom. The van der Waals surface area contributed by atoms with Crippen LogP contribution in [-0.2, 0) is 15.7 Å². The van der Waals surface area contributed by atoms with Crippen LogP contribution in [0.4, 0.5) is 0 Å². The minimum Gasteiger partial charge on any atom is -0.424 e. The highest BCUT2D eigenvalue weighted by atomic mass is 79.9. The molecular formula is C25H19BrO3. The van der Waals surface area contributed by atoms with Crippen LogP contribution >= 0.6 is 15.9 Å². The van der Waals surface area contributed by atoms with E-state index in [9.17, 15) is 9.90 Å². The Bertz CT molecular complexity index is 1160. The predicted octanol–water partition coefficient (Wildman–Crippen LogP) is 5.58. The molecule has 144 valence electrons. The van der Waals surface area contributed by atoms with Gasteiger partial charge in [-0.25, -0.2) is 4.79 Å². The van der Waals surface area contributed by atoms with Crippen molar-refractivity contribution < 1.29 is 14.6 Å². The number of rotatable bonds is 5. The molecule has 1 N–H and O–H groups in total. The smallest absolute Gasteiger partial charge is 0.353 e. The van der Waals surface area contributed by atoms with Crippen molar-refractivity contribution in [1.29, 1.82) is 0 Å². The van der Waals surface area contributed by atoms with Crippen LogP contribution in [0.15, 0.2) is 97.1 Å². The number of carbonyl (C=O) groups excluding carboxylic acids is 1. The summed E-state index contributed by atoms with van der Waals surface area (Å²) < 4.78 is 5.69. The summed E-state index contributed by atoms with van der Waals surface area (Å²) in [6.07, 6.45) is 0. The van der Waals surface area contributed by atoms with Gasteiger partial charge in [0.05, 0.1) is 0 Å². The van der Waals surface area contributed by atoms with Crippen molar-refractivity contribution in [2.45, 2.75) is 10.9 Å². The minimum absolute atomic E-state index is 0.388. The summed E-state index contributed by atoms with van der Waals surface area (Å²) in [6.45, 7) is 0. The van der Waals surface area contributed by atoms with E-state index in [1.165, 1.54) is 0 Å². The molecule has 0 heterocycles. The number of fused-ring (bicyclic) bond motifs is 1. The summed E-state index contributed by atoms with van der Waals surface area (Å²) in [5.41, 5.74) is -0.167. The number of hydrogen-bond acceptors (Lipinski definition) is 3. The highest BCUT2D eigenvalue weighted by molar-refractivity contribution is 9.08. The van der Waals surface area contributed by atoms with E-state index in [0.29, 0.717) is 22.2 Å². The Kier molecular flexibility index (Phi) is 5.47. The number of carbonyl (C=O) groups is 1. The molecule has 3 nitrogen and oxygen atoms in total. The number of benzene rings is 4. The maximum atomic E-state index is 13.4. The Morgan fingerprint density at radius 1 is 0.828 bits per heavy atom. The molecule has 4 aromatic rings. The van der Waals surface area contributed by atoms with Crippen molar-refractivity contribution in [3.63, 3.8) is 0 Å². The number of esters is 1. The molecule has 0 saturated carbocycles. The fourth-order valence-corrected chi connectivity index (χ4v) is 3.95. The fraction of sp³-hybridized carbons (Fsp3) is 0.0800. The zero-order valence-corrected chi connectivity index (χ0v) is 17.2. The number of aliphatic hydroxyl groups is 1. The van der Waals surface area contributed by atoms with Crippen LogP contribution in [-0.4, -0.2) is 11.1 Å². The third-order valence-electron chi connectivity index (χ3n) is 4.97. The second-order valence-electron chi connectivity index (χ2n) is 6.77. The minimum atomic E-state index is -1.93. The molecule has 0 unspecified atom stereocenters. The van der Waals surface area contributed by atoms with Gasteiger partial charge in [0, 0.05) is 10.9 Å². The van der Waals surface area contributed by atoms with Gasteiger partial charge in [-0.2, -0.15) is 0 Å². The Hall–Kier alpha value is -2.95. The maximum Gasteiger partial charge on any atom is 0.353 e. The number of halogens is 1. The van der Waals surface area contributed by atoms with Gasteiger partial charge in [0.15, 0.2) is 0 Å². The number of alkyl halides is 1. The molecule has 0 fully saturated rings. The lowest BCUT2D eigenvalue weighted by atomic mass is 9.84. The maximum absolute atomic E-state index is 13.4. The third kappa shape index (κ3) is 3.69. The molecule has 0 aliphatic carbocycles. The molecule has 29 heavy (non-hydrogen) atoms. The van der Waals surface area contributed by atoms with Gasteiger partial charge in [0.1, 0.15) is 5.75 Å². The van der Waals surface area contributed by atoms with E-state index < -0.39 is 11.6 Å². The number of hydrogen-bond donors (Lipinski definition) is 1. The predicted molar refractivity (Wildman–Crippen MR) is 118 cm³/mol. The molecule has 0 saturated heterocycles. The molecule has 4 heteroatoms. The fourth-order valence-electron chi connectivity index (χ4n) is 3.46. The quantitative estimate of drug-likeness (QED) is 0.247. The molecule has 0 bridgehead atoms. The van der Waals surface area contributed by atoms with Crippen LogP contribution < -0.4 is 4.74 Å². The summed E-state index contributed by atoms with van der Waals surface area (Å²) in [7, 11) is 0.